The van der Waals surface area contributed by atoms with Crippen LogP contribution in [0, 0.1) is 0 Å². The fourth-order valence-corrected chi connectivity index (χ4v) is 2.18. The summed E-state index contributed by atoms with van der Waals surface area (Å²) in [5.74, 6) is 0.486. The van der Waals surface area contributed by atoms with Gasteiger partial charge in [0.2, 0.25) is 0 Å². The van der Waals surface area contributed by atoms with Crippen molar-refractivity contribution >= 4 is 22.2 Å². The van der Waals surface area contributed by atoms with E-state index < -0.39 is 0 Å². The summed E-state index contributed by atoms with van der Waals surface area (Å²) in [6, 6.07) is 11.2. The van der Waals surface area contributed by atoms with E-state index in [4.69, 9.17) is 9.47 Å². The molecule has 2 aromatic carbocycles. The van der Waals surface area contributed by atoms with Gasteiger partial charge in [0.05, 0.1) is 12.7 Å². The number of aromatic hydroxyl groups is 1. The SMILES string of the molecule is COc1cc(OCc2ccccc2)c(Br)c(O)c1C=O. The first kappa shape index (κ1) is 14.4. The first-order valence-corrected chi connectivity index (χ1v) is 6.68. The quantitative estimate of drug-likeness (QED) is 0.848. The molecule has 2 rings (SSSR count). The zero-order valence-electron chi connectivity index (χ0n) is 10.8. The number of phenols is 1. The lowest BCUT2D eigenvalue weighted by Gasteiger charge is -2.13. The summed E-state index contributed by atoms with van der Waals surface area (Å²) in [5.41, 5.74) is 1.09. The Morgan fingerprint density at radius 1 is 1.25 bits per heavy atom. The van der Waals surface area contributed by atoms with E-state index in [0.717, 1.165) is 5.56 Å². The fraction of sp³-hybridized carbons (Fsp3) is 0.133. The van der Waals surface area contributed by atoms with E-state index in [1.54, 1.807) is 6.07 Å². The van der Waals surface area contributed by atoms with Crippen LogP contribution in [0.5, 0.6) is 17.2 Å². The molecule has 0 atom stereocenters. The van der Waals surface area contributed by atoms with Crippen molar-refractivity contribution in [3.63, 3.8) is 0 Å². The Morgan fingerprint density at radius 2 is 1.95 bits per heavy atom. The third kappa shape index (κ3) is 2.93. The van der Waals surface area contributed by atoms with Crippen molar-refractivity contribution in [2.24, 2.45) is 0 Å². The van der Waals surface area contributed by atoms with E-state index >= 15 is 0 Å². The van der Waals surface area contributed by atoms with Crippen LogP contribution >= 0.6 is 15.9 Å². The Balaban J connectivity index is 2.28. The molecular formula is C15H13BrO4. The molecule has 0 spiro atoms. The third-order valence-corrected chi connectivity index (χ3v) is 3.55. The number of ether oxygens (including phenoxy) is 2. The van der Waals surface area contributed by atoms with E-state index in [0.29, 0.717) is 23.1 Å². The maximum Gasteiger partial charge on any atom is 0.157 e. The number of rotatable bonds is 5. The molecule has 5 heteroatoms. The minimum atomic E-state index is -0.192. The van der Waals surface area contributed by atoms with E-state index in [1.807, 2.05) is 30.3 Å². The summed E-state index contributed by atoms with van der Waals surface area (Å²) in [5, 5.41) is 9.95. The summed E-state index contributed by atoms with van der Waals surface area (Å²) >= 11 is 3.22. The maximum atomic E-state index is 10.9. The monoisotopic (exact) mass is 336 g/mol. The van der Waals surface area contributed by atoms with Crippen LogP contribution in [0.25, 0.3) is 0 Å². The number of hydrogen-bond donors (Lipinski definition) is 1. The lowest BCUT2D eigenvalue weighted by Crippen LogP contribution is -1.99. The second kappa shape index (κ2) is 6.43. The molecule has 0 amide bonds. The minimum Gasteiger partial charge on any atom is -0.506 e. The van der Waals surface area contributed by atoms with Crippen molar-refractivity contribution in [3.8, 4) is 17.2 Å². The van der Waals surface area contributed by atoms with Gasteiger partial charge in [-0.15, -0.1) is 0 Å². The second-order valence-corrected chi connectivity index (χ2v) is 4.84. The lowest BCUT2D eigenvalue weighted by molar-refractivity contribution is 0.111. The molecule has 1 N–H and O–H groups in total. The average molecular weight is 337 g/mol. The molecule has 0 saturated carbocycles. The van der Waals surface area contributed by atoms with Gasteiger partial charge in [0, 0.05) is 6.07 Å². The molecule has 0 aromatic heterocycles. The van der Waals surface area contributed by atoms with Crippen LogP contribution in [0.2, 0.25) is 0 Å². The molecule has 0 aliphatic rings. The van der Waals surface area contributed by atoms with Crippen molar-refractivity contribution in [1.82, 2.24) is 0 Å². The van der Waals surface area contributed by atoms with Crippen molar-refractivity contribution < 1.29 is 19.4 Å². The highest BCUT2D eigenvalue weighted by Gasteiger charge is 2.17. The van der Waals surface area contributed by atoms with Gasteiger partial charge >= 0.3 is 0 Å². The number of aldehydes is 1. The smallest absolute Gasteiger partial charge is 0.157 e. The predicted molar refractivity (Wildman–Crippen MR) is 78.5 cm³/mol. The van der Waals surface area contributed by atoms with Gasteiger partial charge in [-0.3, -0.25) is 4.79 Å². The van der Waals surface area contributed by atoms with E-state index in [-0.39, 0.29) is 17.1 Å². The van der Waals surface area contributed by atoms with Gasteiger partial charge in [-0.1, -0.05) is 30.3 Å². The molecule has 0 aliphatic heterocycles. The highest BCUT2D eigenvalue weighted by Crippen LogP contribution is 2.41. The molecule has 0 heterocycles. The molecular weight excluding hydrogens is 324 g/mol. The molecule has 20 heavy (non-hydrogen) atoms. The first-order valence-electron chi connectivity index (χ1n) is 5.88. The van der Waals surface area contributed by atoms with Crippen LogP contribution in [0.1, 0.15) is 15.9 Å². The zero-order valence-corrected chi connectivity index (χ0v) is 12.4. The highest BCUT2D eigenvalue weighted by molar-refractivity contribution is 9.10. The fourth-order valence-electron chi connectivity index (χ4n) is 1.73. The molecule has 0 aliphatic carbocycles. The molecule has 0 saturated heterocycles. The Kier molecular flexibility index (Phi) is 4.63. The summed E-state index contributed by atoms with van der Waals surface area (Å²) in [6.45, 7) is 0.350. The maximum absolute atomic E-state index is 10.9. The second-order valence-electron chi connectivity index (χ2n) is 4.05. The third-order valence-electron chi connectivity index (χ3n) is 2.78. The van der Waals surface area contributed by atoms with Crippen LogP contribution in [0.15, 0.2) is 40.9 Å². The molecule has 0 unspecified atom stereocenters. The Labute approximate surface area is 125 Å². The van der Waals surface area contributed by atoms with E-state index in [2.05, 4.69) is 15.9 Å². The van der Waals surface area contributed by atoms with Crippen molar-refractivity contribution in [2.75, 3.05) is 7.11 Å². The molecule has 4 nitrogen and oxygen atoms in total. The van der Waals surface area contributed by atoms with Gasteiger partial charge < -0.3 is 14.6 Å². The summed E-state index contributed by atoms with van der Waals surface area (Å²) in [7, 11) is 1.43. The van der Waals surface area contributed by atoms with Gasteiger partial charge in [0.1, 0.15) is 28.3 Å². The van der Waals surface area contributed by atoms with Gasteiger partial charge in [-0.2, -0.15) is 0 Å². The van der Waals surface area contributed by atoms with Gasteiger partial charge in [0.25, 0.3) is 0 Å². The number of carbonyl (C=O) groups is 1. The molecule has 2 aromatic rings. The van der Waals surface area contributed by atoms with E-state index in [1.165, 1.54) is 7.11 Å². The normalized spacial score (nSPS) is 10.1. The van der Waals surface area contributed by atoms with Gasteiger partial charge in [-0.25, -0.2) is 0 Å². The number of benzene rings is 2. The summed E-state index contributed by atoms with van der Waals surface area (Å²) in [6.07, 6.45) is 0.542. The molecule has 0 fully saturated rings. The van der Waals surface area contributed by atoms with Crippen molar-refractivity contribution in [1.29, 1.82) is 0 Å². The topological polar surface area (TPSA) is 55.8 Å². The molecule has 0 radical (unpaired) electrons. The van der Waals surface area contributed by atoms with E-state index in [9.17, 15) is 9.90 Å². The lowest BCUT2D eigenvalue weighted by atomic mass is 10.2. The number of carbonyl (C=O) groups excluding carboxylic acids is 1. The van der Waals surface area contributed by atoms with Crippen molar-refractivity contribution in [2.45, 2.75) is 6.61 Å². The predicted octanol–water partition coefficient (Wildman–Crippen LogP) is 3.55. The number of halogens is 1. The standard InChI is InChI=1S/C15H13BrO4/c1-19-12-7-13(14(16)15(18)11(12)8-17)20-9-10-5-3-2-4-6-10/h2-8,18H,9H2,1H3. The van der Waals surface area contributed by atoms with Crippen molar-refractivity contribution in [3.05, 3.63) is 52.0 Å². The molecule has 104 valence electrons. The largest absolute Gasteiger partial charge is 0.506 e. The summed E-state index contributed by atoms with van der Waals surface area (Å²) < 4.78 is 11.0. The number of hydrogen-bond acceptors (Lipinski definition) is 4. The number of phenolic OH excluding ortho intramolecular Hbond substituents is 1. The average Bonchev–Trinajstić information content (AvgIpc) is 2.49. The van der Waals surface area contributed by atoms with Gasteiger partial charge in [-0.05, 0) is 21.5 Å². The minimum absolute atomic E-state index is 0.0893. The van der Waals surface area contributed by atoms with Crippen LogP contribution < -0.4 is 9.47 Å². The van der Waals surface area contributed by atoms with Crippen LogP contribution in [-0.2, 0) is 6.61 Å². The Hall–Kier alpha value is -2.01. The molecule has 0 bridgehead atoms. The highest BCUT2D eigenvalue weighted by atomic mass is 79.9. The zero-order chi connectivity index (χ0) is 14.5. The summed E-state index contributed by atoms with van der Waals surface area (Å²) in [4.78, 5) is 10.9. The Morgan fingerprint density at radius 3 is 2.55 bits per heavy atom. The van der Waals surface area contributed by atoms with Crippen LogP contribution in [-0.4, -0.2) is 18.5 Å². The number of methoxy groups -OCH3 is 1. The van der Waals surface area contributed by atoms with Crippen LogP contribution in [0.3, 0.4) is 0 Å². The Bertz CT molecular complexity index is 611. The van der Waals surface area contributed by atoms with Crippen LogP contribution in [0.4, 0.5) is 0 Å². The van der Waals surface area contributed by atoms with Gasteiger partial charge in [0.15, 0.2) is 6.29 Å². The first-order chi connectivity index (χ1) is 9.67.